The number of Topliss-reactive ketones (excluding diaryl/α,β-unsaturated/α-hetero) is 1. The van der Waals surface area contributed by atoms with Crippen LogP contribution in [0.4, 0.5) is 0 Å². The van der Waals surface area contributed by atoms with E-state index in [0.29, 0.717) is 30.6 Å². The SMILES string of the molecule is COC(=O)CCCCCO[C@@H]1O[C@H](CO[C@H]2O[C@H](CO)[C@@H](O)[C@H](O)[C@H]2O)[C@H](OC(=O)CCC(C)=O)[C@H](OCc2ccc(OC)cc2)[C@H]1O[C@@H]1O[C@@H](C)[C@@H](O)[C@@H](O)[C@@H]1O. The molecule has 15 atom stereocenters. The Kier molecular flexibility index (Phi) is 19.1. The van der Waals surface area contributed by atoms with E-state index < -0.39 is 111 Å². The molecule has 3 aliphatic rings. The summed E-state index contributed by atoms with van der Waals surface area (Å²) in [5.74, 6) is -0.937. The van der Waals surface area contributed by atoms with Crippen LogP contribution in [0.1, 0.15) is 57.9 Å². The second-order valence-corrected chi connectivity index (χ2v) is 14.4. The van der Waals surface area contributed by atoms with E-state index in [9.17, 15) is 50.1 Å². The second-order valence-electron chi connectivity index (χ2n) is 14.4. The number of ether oxygens (including phenoxy) is 10. The molecular formula is C38H58O20. The molecule has 3 saturated heterocycles. The molecule has 4 rings (SSSR count). The van der Waals surface area contributed by atoms with Gasteiger partial charge in [0.1, 0.15) is 72.6 Å². The number of esters is 2. The summed E-state index contributed by atoms with van der Waals surface area (Å²) in [4.78, 5) is 36.8. The van der Waals surface area contributed by atoms with Crippen LogP contribution in [0.3, 0.4) is 0 Å². The minimum absolute atomic E-state index is 0.0199. The van der Waals surface area contributed by atoms with Gasteiger partial charge in [-0.2, -0.15) is 0 Å². The summed E-state index contributed by atoms with van der Waals surface area (Å²) in [6, 6.07) is 6.83. The predicted octanol–water partition coefficient (Wildman–Crippen LogP) is -1.63. The van der Waals surface area contributed by atoms with E-state index >= 15 is 0 Å². The zero-order valence-electron chi connectivity index (χ0n) is 33.0. The lowest BCUT2D eigenvalue weighted by Crippen LogP contribution is -2.65. The van der Waals surface area contributed by atoms with Crippen LogP contribution in [0.2, 0.25) is 0 Å². The first-order valence-electron chi connectivity index (χ1n) is 19.2. The summed E-state index contributed by atoms with van der Waals surface area (Å²) < 4.78 is 58.3. The summed E-state index contributed by atoms with van der Waals surface area (Å²) in [6.45, 7) is 1.37. The van der Waals surface area contributed by atoms with E-state index in [0.717, 1.165) is 0 Å². The Labute approximate surface area is 335 Å². The second kappa shape index (κ2) is 23.2. The molecule has 0 amide bonds. The number of carbonyl (C=O) groups excluding carboxylic acids is 3. The highest BCUT2D eigenvalue weighted by Gasteiger charge is 2.54. The van der Waals surface area contributed by atoms with Gasteiger partial charge in [0.15, 0.2) is 25.0 Å². The highest BCUT2D eigenvalue weighted by molar-refractivity contribution is 5.81. The van der Waals surface area contributed by atoms with Crippen LogP contribution in [-0.2, 0) is 63.6 Å². The van der Waals surface area contributed by atoms with Crippen molar-refractivity contribution < 1.29 is 97.5 Å². The third-order valence-corrected chi connectivity index (χ3v) is 10.0. The molecule has 0 radical (unpaired) electrons. The lowest BCUT2D eigenvalue weighted by molar-refractivity contribution is -0.374. The topological polar surface area (TPSA) is 285 Å². The van der Waals surface area contributed by atoms with Gasteiger partial charge in [0.05, 0.1) is 46.6 Å². The molecular weight excluding hydrogens is 776 g/mol. The Morgan fingerprint density at radius 2 is 1.33 bits per heavy atom. The number of rotatable bonds is 21. The minimum atomic E-state index is -1.79. The van der Waals surface area contributed by atoms with Crippen molar-refractivity contribution in [1.82, 2.24) is 0 Å². The molecule has 0 saturated carbocycles. The van der Waals surface area contributed by atoms with Crippen molar-refractivity contribution in [3.05, 3.63) is 29.8 Å². The van der Waals surface area contributed by atoms with Crippen LogP contribution in [-0.4, -0.2) is 180 Å². The van der Waals surface area contributed by atoms with Gasteiger partial charge in [-0.05, 0) is 44.4 Å². The molecule has 0 aliphatic carbocycles. The first kappa shape index (κ1) is 47.7. The average molecular weight is 835 g/mol. The van der Waals surface area contributed by atoms with Crippen LogP contribution < -0.4 is 4.74 Å². The van der Waals surface area contributed by atoms with Crippen molar-refractivity contribution >= 4 is 17.7 Å². The van der Waals surface area contributed by atoms with E-state index in [2.05, 4.69) is 0 Å². The molecule has 1 aromatic carbocycles. The summed E-state index contributed by atoms with van der Waals surface area (Å²) in [5, 5.41) is 73.1. The van der Waals surface area contributed by atoms with Gasteiger partial charge in [0.2, 0.25) is 0 Å². The van der Waals surface area contributed by atoms with Crippen molar-refractivity contribution in [2.75, 3.05) is 34.0 Å². The van der Waals surface area contributed by atoms with E-state index in [1.54, 1.807) is 24.3 Å². The molecule has 330 valence electrons. The maximum absolute atomic E-state index is 13.3. The van der Waals surface area contributed by atoms with Gasteiger partial charge in [-0.3, -0.25) is 9.59 Å². The molecule has 1 aromatic rings. The molecule has 0 aromatic heterocycles. The molecule has 20 heteroatoms. The van der Waals surface area contributed by atoms with Crippen LogP contribution in [0.15, 0.2) is 24.3 Å². The van der Waals surface area contributed by atoms with E-state index in [4.69, 9.17) is 47.4 Å². The van der Waals surface area contributed by atoms with Gasteiger partial charge in [-0.1, -0.05) is 18.6 Å². The quantitative estimate of drug-likeness (QED) is 0.0540. The molecule has 3 fully saturated rings. The third-order valence-electron chi connectivity index (χ3n) is 10.0. The number of benzene rings is 1. The van der Waals surface area contributed by atoms with Crippen LogP contribution in [0, 0.1) is 0 Å². The summed E-state index contributed by atoms with van der Waals surface area (Å²) in [5.41, 5.74) is 0.631. The first-order chi connectivity index (χ1) is 27.7. The molecule has 7 N–H and O–H groups in total. The van der Waals surface area contributed by atoms with Crippen molar-refractivity contribution in [2.45, 2.75) is 151 Å². The minimum Gasteiger partial charge on any atom is -0.497 e. The number of carbonyl (C=O) groups is 3. The largest absolute Gasteiger partial charge is 0.497 e. The molecule has 0 unspecified atom stereocenters. The smallest absolute Gasteiger partial charge is 0.306 e. The number of unbranched alkanes of at least 4 members (excludes halogenated alkanes) is 2. The fourth-order valence-electron chi connectivity index (χ4n) is 6.55. The predicted molar refractivity (Wildman–Crippen MR) is 193 cm³/mol. The standard InChI is InChI=1S/C38H58O20/c1-19(40)9-14-26(42)57-33-24(18-53-36-31(47)30(46)28(44)23(16-39)55-36)56-38(51-15-7-5-6-8-25(41)50-4)35(58-37-32(48)29(45)27(43)20(2)54-37)34(33)52-17-21-10-12-22(49-3)13-11-21/h10-13,20,23-24,27-39,43-48H,5-9,14-18H2,1-4H3/t20-,23+,24+,27+,28+,29+,30-,31+,32-,33-,34-,35+,36-,37-,38+/m0/s1. The normalized spacial score (nSPS) is 35.3. The van der Waals surface area contributed by atoms with Crippen LogP contribution in [0.25, 0.3) is 0 Å². The van der Waals surface area contributed by atoms with Gasteiger partial charge in [-0.25, -0.2) is 0 Å². The Morgan fingerprint density at radius 1 is 0.655 bits per heavy atom. The maximum Gasteiger partial charge on any atom is 0.306 e. The third kappa shape index (κ3) is 13.0. The number of aliphatic hydroxyl groups is 7. The van der Waals surface area contributed by atoms with Gasteiger partial charge in [0, 0.05) is 19.4 Å². The number of hydrogen-bond acceptors (Lipinski definition) is 20. The maximum atomic E-state index is 13.3. The van der Waals surface area contributed by atoms with Gasteiger partial charge in [-0.15, -0.1) is 0 Å². The molecule has 20 nitrogen and oxygen atoms in total. The fourth-order valence-corrected chi connectivity index (χ4v) is 6.55. The molecule has 3 aliphatic heterocycles. The van der Waals surface area contributed by atoms with Crippen LogP contribution in [0.5, 0.6) is 5.75 Å². The lowest BCUT2D eigenvalue weighted by atomic mass is 9.96. The summed E-state index contributed by atoms with van der Waals surface area (Å²) in [7, 11) is 2.79. The van der Waals surface area contributed by atoms with E-state index in [1.807, 2.05) is 0 Å². The van der Waals surface area contributed by atoms with Crippen LogP contribution >= 0.6 is 0 Å². The molecule has 0 bridgehead atoms. The molecule has 0 spiro atoms. The zero-order chi connectivity index (χ0) is 42.5. The zero-order valence-corrected chi connectivity index (χ0v) is 33.0. The van der Waals surface area contributed by atoms with Crippen molar-refractivity contribution in [3.8, 4) is 5.75 Å². The Bertz CT molecular complexity index is 1410. The van der Waals surface area contributed by atoms with Gasteiger partial charge < -0.3 is 87.9 Å². The Balaban J connectivity index is 1.71. The Hall–Kier alpha value is -2.93. The fraction of sp³-hybridized carbons (Fsp3) is 0.763. The number of hydrogen-bond donors (Lipinski definition) is 7. The van der Waals surface area contributed by atoms with Crippen molar-refractivity contribution in [1.29, 1.82) is 0 Å². The summed E-state index contributed by atoms with van der Waals surface area (Å²) >= 11 is 0. The lowest BCUT2D eigenvalue weighted by Gasteiger charge is -2.48. The van der Waals surface area contributed by atoms with E-state index in [1.165, 1.54) is 28.1 Å². The number of aliphatic hydroxyl groups excluding tert-OH is 7. The highest BCUT2D eigenvalue weighted by atomic mass is 16.8. The highest BCUT2D eigenvalue weighted by Crippen LogP contribution is 2.34. The van der Waals surface area contributed by atoms with Crippen molar-refractivity contribution in [3.63, 3.8) is 0 Å². The average Bonchev–Trinajstić information content (AvgIpc) is 3.21. The molecule has 3 heterocycles. The number of ketones is 1. The summed E-state index contributed by atoms with van der Waals surface area (Å²) in [6.07, 6.45) is -21.5. The Morgan fingerprint density at radius 3 is 1.98 bits per heavy atom. The van der Waals surface area contributed by atoms with E-state index in [-0.39, 0.29) is 44.2 Å². The van der Waals surface area contributed by atoms with Crippen molar-refractivity contribution in [2.24, 2.45) is 0 Å². The van der Waals surface area contributed by atoms with Gasteiger partial charge >= 0.3 is 11.9 Å². The molecule has 58 heavy (non-hydrogen) atoms. The van der Waals surface area contributed by atoms with Gasteiger partial charge in [0.25, 0.3) is 0 Å². The number of methoxy groups -OCH3 is 2. The first-order valence-corrected chi connectivity index (χ1v) is 19.2. The monoisotopic (exact) mass is 834 g/mol.